The zero-order valence-electron chi connectivity index (χ0n) is 19.9. The number of amides is 2. The first-order valence-corrected chi connectivity index (χ1v) is 13.3. The van der Waals surface area contributed by atoms with Crippen LogP contribution in [0.3, 0.4) is 0 Å². The van der Waals surface area contributed by atoms with Gasteiger partial charge in [0.15, 0.2) is 0 Å². The highest BCUT2D eigenvalue weighted by molar-refractivity contribution is 7.92. The fraction of sp³-hybridized carbons (Fsp3) is 0.231. The van der Waals surface area contributed by atoms with Crippen molar-refractivity contribution in [3.05, 3.63) is 101 Å². The second-order valence-electron chi connectivity index (χ2n) is 8.22. The van der Waals surface area contributed by atoms with Crippen LogP contribution in [-0.2, 0) is 32.6 Å². The van der Waals surface area contributed by atoms with Crippen molar-refractivity contribution in [3.63, 3.8) is 0 Å². The second kappa shape index (κ2) is 12.0. The molecule has 0 saturated heterocycles. The summed E-state index contributed by atoms with van der Waals surface area (Å²) in [4.78, 5) is 28.0. The van der Waals surface area contributed by atoms with Gasteiger partial charge in [-0.05, 0) is 41.5 Å². The monoisotopic (exact) mass is 531 g/mol. The molecule has 3 rings (SSSR count). The van der Waals surface area contributed by atoms with Crippen LogP contribution < -0.4 is 9.62 Å². The molecular formula is C26H27ClFN3O4S. The Bertz CT molecular complexity index is 1300. The van der Waals surface area contributed by atoms with Crippen molar-refractivity contribution >= 4 is 39.1 Å². The minimum Gasteiger partial charge on any atom is -0.357 e. The molecule has 7 nitrogen and oxygen atoms in total. The summed E-state index contributed by atoms with van der Waals surface area (Å²) in [5.74, 6) is -1.67. The predicted octanol–water partition coefficient (Wildman–Crippen LogP) is 3.63. The van der Waals surface area contributed by atoms with Crippen LogP contribution in [0, 0.1) is 5.82 Å². The van der Waals surface area contributed by atoms with E-state index in [-0.39, 0.29) is 18.7 Å². The molecule has 0 aromatic heterocycles. The van der Waals surface area contributed by atoms with Crippen LogP contribution in [0.25, 0.3) is 0 Å². The molecule has 1 atom stereocenters. The fourth-order valence-electron chi connectivity index (χ4n) is 3.75. The Morgan fingerprint density at radius 1 is 0.972 bits per heavy atom. The third-order valence-corrected chi connectivity index (χ3v) is 6.95. The van der Waals surface area contributed by atoms with Gasteiger partial charge in [0.2, 0.25) is 21.8 Å². The molecule has 190 valence electrons. The van der Waals surface area contributed by atoms with Gasteiger partial charge < -0.3 is 10.2 Å². The molecule has 10 heteroatoms. The molecule has 0 spiro atoms. The molecule has 0 unspecified atom stereocenters. The van der Waals surface area contributed by atoms with E-state index in [4.69, 9.17) is 11.6 Å². The molecule has 0 saturated carbocycles. The number of carbonyl (C=O) groups is 2. The zero-order chi connectivity index (χ0) is 26.3. The van der Waals surface area contributed by atoms with Gasteiger partial charge in [-0.15, -0.1) is 0 Å². The maximum Gasteiger partial charge on any atom is 0.244 e. The Balaban J connectivity index is 2.01. The van der Waals surface area contributed by atoms with E-state index in [1.165, 1.54) is 30.1 Å². The summed E-state index contributed by atoms with van der Waals surface area (Å²) in [6.07, 6.45) is 1.15. The van der Waals surface area contributed by atoms with E-state index in [2.05, 4.69) is 5.32 Å². The van der Waals surface area contributed by atoms with E-state index in [1.807, 2.05) is 30.3 Å². The summed E-state index contributed by atoms with van der Waals surface area (Å²) in [5, 5.41) is 3.12. The smallest absolute Gasteiger partial charge is 0.244 e. The number of likely N-dealkylation sites (N-methyl/N-ethyl adjacent to an activating group) is 1. The van der Waals surface area contributed by atoms with Crippen molar-refractivity contribution in [3.8, 4) is 0 Å². The Hall–Kier alpha value is -3.43. The number of carbonyl (C=O) groups excluding carboxylic acids is 2. The van der Waals surface area contributed by atoms with E-state index in [9.17, 15) is 22.4 Å². The lowest BCUT2D eigenvalue weighted by molar-refractivity contribution is -0.139. The van der Waals surface area contributed by atoms with Gasteiger partial charge in [0, 0.05) is 25.0 Å². The van der Waals surface area contributed by atoms with E-state index >= 15 is 0 Å². The molecule has 0 bridgehead atoms. The molecule has 36 heavy (non-hydrogen) atoms. The van der Waals surface area contributed by atoms with Crippen LogP contribution in [0.1, 0.15) is 11.1 Å². The first-order chi connectivity index (χ1) is 17.1. The highest BCUT2D eigenvalue weighted by Crippen LogP contribution is 2.21. The number of anilines is 1. The van der Waals surface area contributed by atoms with Crippen molar-refractivity contribution < 1.29 is 22.4 Å². The molecule has 3 aromatic carbocycles. The van der Waals surface area contributed by atoms with Crippen LogP contribution in [0.4, 0.5) is 10.1 Å². The molecule has 0 aliphatic rings. The number of benzene rings is 3. The van der Waals surface area contributed by atoms with Gasteiger partial charge in [-0.3, -0.25) is 13.9 Å². The minimum absolute atomic E-state index is 0.0110. The number of nitrogens with one attached hydrogen (secondary N) is 1. The third kappa shape index (κ3) is 7.29. The van der Waals surface area contributed by atoms with Gasteiger partial charge in [-0.1, -0.05) is 60.1 Å². The van der Waals surface area contributed by atoms with Gasteiger partial charge in [0.25, 0.3) is 0 Å². The maximum absolute atomic E-state index is 13.9. The molecule has 0 aliphatic carbocycles. The average molecular weight is 532 g/mol. The Morgan fingerprint density at radius 3 is 2.22 bits per heavy atom. The lowest BCUT2D eigenvalue weighted by atomic mass is 10.0. The Kier molecular flexibility index (Phi) is 9.06. The van der Waals surface area contributed by atoms with Crippen molar-refractivity contribution in [2.45, 2.75) is 19.0 Å². The maximum atomic E-state index is 13.9. The van der Waals surface area contributed by atoms with Crippen LogP contribution in [0.15, 0.2) is 78.9 Å². The predicted molar refractivity (Wildman–Crippen MR) is 139 cm³/mol. The largest absolute Gasteiger partial charge is 0.357 e. The van der Waals surface area contributed by atoms with E-state index in [1.54, 1.807) is 24.3 Å². The normalized spacial score (nSPS) is 12.0. The summed E-state index contributed by atoms with van der Waals surface area (Å²) < 4.78 is 39.9. The van der Waals surface area contributed by atoms with Crippen molar-refractivity contribution in [2.75, 3.05) is 24.2 Å². The van der Waals surface area contributed by atoms with Crippen molar-refractivity contribution in [1.29, 1.82) is 0 Å². The van der Waals surface area contributed by atoms with E-state index < -0.39 is 40.2 Å². The second-order valence-corrected chi connectivity index (χ2v) is 10.6. The third-order valence-electron chi connectivity index (χ3n) is 5.56. The molecule has 0 aliphatic heterocycles. The zero-order valence-corrected chi connectivity index (χ0v) is 21.5. The van der Waals surface area contributed by atoms with E-state index in [0.29, 0.717) is 10.6 Å². The quantitative estimate of drug-likeness (QED) is 0.433. The number of sulfonamides is 1. The van der Waals surface area contributed by atoms with Gasteiger partial charge in [-0.2, -0.15) is 0 Å². The van der Waals surface area contributed by atoms with Crippen molar-refractivity contribution in [2.24, 2.45) is 0 Å². The Morgan fingerprint density at radius 2 is 1.64 bits per heavy atom. The topological polar surface area (TPSA) is 86.8 Å². The first-order valence-electron chi connectivity index (χ1n) is 11.1. The summed E-state index contributed by atoms with van der Waals surface area (Å²) in [7, 11) is -2.48. The number of rotatable bonds is 10. The van der Waals surface area contributed by atoms with Crippen LogP contribution in [0.2, 0.25) is 5.02 Å². The van der Waals surface area contributed by atoms with Gasteiger partial charge in [0.05, 0.1) is 11.9 Å². The minimum atomic E-state index is -3.95. The Labute approximate surface area is 215 Å². The number of halogens is 2. The summed E-state index contributed by atoms with van der Waals surface area (Å²) in [6.45, 7) is -0.583. The molecule has 0 fully saturated rings. The summed E-state index contributed by atoms with van der Waals surface area (Å²) in [5.41, 5.74) is 1.54. The van der Waals surface area contributed by atoms with Crippen molar-refractivity contribution in [1.82, 2.24) is 10.2 Å². The summed E-state index contributed by atoms with van der Waals surface area (Å²) >= 11 is 6.00. The molecule has 0 heterocycles. The fourth-order valence-corrected chi connectivity index (χ4v) is 4.72. The van der Waals surface area contributed by atoms with E-state index in [0.717, 1.165) is 22.2 Å². The number of nitrogens with zero attached hydrogens (tertiary/aromatic N) is 2. The SMILES string of the molecule is CNC(=O)[C@@H](Cc1ccccc1)N(Cc1ccc(Cl)cc1)C(=O)CN(c1cccc(F)c1)S(C)(=O)=O. The highest BCUT2D eigenvalue weighted by Gasteiger charge is 2.32. The van der Waals surface area contributed by atoms with Crippen LogP contribution >= 0.6 is 11.6 Å². The molecule has 1 N–H and O–H groups in total. The standard InChI is InChI=1S/C26H27ClFN3O4S/c1-29-26(33)24(15-19-7-4-3-5-8-19)30(17-20-11-13-21(27)14-12-20)25(32)18-31(36(2,34)35)23-10-6-9-22(28)16-23/h3-14,16,24H,15,17-18H2,1-2H3,(H,29,33)/t24-/m1/s1. The molecule has 0 radical (unpaired) electrons. The van der Waals surface area contributed by atoms with Gasteiger partial charge >= 0.3 is 0 Å². The number of hydrogen-bond donors (Lipinski definition) is 1. The summed E-state index contributed by atoms with van der Waals surface area (Å²) in [6, 6.07) is 20.0. The number of hydrogen-bond acceptors (Lipinski definition) is 4. The molecule has 2 amide bonds. The first kappa shape index (κ1) is 27.2. The average Bonchev–Trinajstić information content (AvgIpc) is 2.85. The molecular weight excluding hydrogens is 505 g/mol. The lowest BCUT2D eigenvalue weighted by Gasteiger charge is -2.33. The van der Waals surface area contributed by atoms with Gasteiger partial charge in [-0.25, -0.2) is 12.8 Å². The van der Waals surface area contributed by atoms with Crippen LogP contribution in [-0.4, -0.2) is 51.0 Å². The molecule has 3 aromatic rings. The van der Waals surface area contributed by atoms with Crippen LogP contribution in [0.5, 0.6) is 0 Å². The highest BCUT2D eigenvalue weighted by atomic mass is 35.5. The van der Waals surface area contributed by atoms with Gasteiger partial charge in [0.1, 0.15) is 18.4 Å². The lowest BCUT2D eigenvalue weighted by Crippen LogP contribution is -2.52.